The molecule has 0 aliphatic carbocycles. The molecule has 1 unspecified atom stereocenters. The highest BCUT2D eigenvalue weighted by atomic mass is 32.1. The van der Waals surface area contributed by atoms with Crippen molar-refractivity contribution >= 4 is 11.3 Å². The van der Waals surface area contributed by atoms with Crippen LogP contribution in [0.4, 0.5) is 0 Å². The Kier molecular flexibility index (Phi) is 4.20. The fourth-order valence-electron chi connectivity index (χ4n) is 2.85. The van der Waals surface area contributed by atoms with Crippen LogP contribution >= 0.6 is 11.3 Å². The number of nitrogens with one attached hydrogen (secondary N) is 2. The van der Waals surface area contributed by atoms with Gasteiger partial charge in [-0.2, -0.15) is 0 Å². The minimum atomic E-state index is 0.446. The predicted octanol–water partition coefficient (Wildman–Crippen LogP) is 3.34. The Balaban J connectivity index is 1.59. The Morgan fingerprint density at radius 3 is 2.95 bits per heavy atom. The van der Waals surface area contributed by atoms with Crippen LogP contribution in [0.2, 0.25) is 0 Å². The van der Waals surface area contributed by atoms with Crippen LogP contribution in [-0.4, -0.2) is 13.1 Å². The molecule has 2 N–H and O–H groups in total. The van der Waals surface area contributed by atoms with Crippen molar-refractivity contribution in [3.05, 3.63) is 56.8 Å². The second-order valence-electron chi connectivity index (χ2n) is 5.54. The second kappa shape index (κ2) is 6.08. The molecule has 1 aliphatic rings. The molecule has 106 valence electrons. The Morgan fingerprint density at radius 1 is 1.30 bits per heavy atom. The largest absolute Gasteiger partial charge is 0.310 e. The van der Waals surface area contributed by atoms with Gasteiger partial charge >= 0.3 is 0 Å². The van der Waals surface area contributed by atoms with E-state index in [-0.39, 0.29) is 0 Å². The molecule has 2 aromatic rings. The molecule has 3 heteroatoms. The first kappa shape index (κ1) is 13.8. The lowest BCUT2D eigenvalue weighted by Crippen LogP contribution is -2.36. The molecule has 3 rings (SSSR count). The lowest BCUT2D eigenvalue weighted by Gasteiger charge is -2.27. The third-order valence-electron chi connectivity index (χ3n) is 4.08. The quantitative estimate of drug-likeness (QED) is 0.901. The highest BCUT2D eigenvalue weighted by Gasteiger charge is 2.18. The second-order valence-corrected chi connectivity index (χ2v) is 6.88. The summed E-state index contributed by atoms with van der Waals surface area (Å²) in [6.45, 7) is 7.43. The van der Waals surface area contributed by atoms with Gasteiger partial charge in [0.15, 0.2) is 0 Å². The molecule has 2 nitrogen and oxygen atoms in total. The van der Waals surface area contributed by atoms with Crippen LogP contribution in [0.1, 0.15) is 32.5 Å². The van der Waals surface area contributed by atoms with Gasteiger partial charge in [0, 0.05) is 28.9 Å². The maximum atomic E-state index is 3.62. The number of fused-ring (bicyclic) bond motifs is 1. The van der Waals surface area contributed by atoms with Crippen LogP contribution < -0.4 is 10.6 Å². The summed E-state index contributed by atoms with van der Waals surface area (Å²) in [6, 6.07) is 11.6. The zero-order valence-electron chi connectivity index (χ0n) is 12.2. The maximum absolute atomic E-state index is 3.62. The third kappa shape index (κ3) is 2.95. The Morgan fingerprint density at radius 2 is 2.15 bits per heavy atom. The summed E-state index contributed by atoms with van der Waals surface area (Å²) in [5.41, 5.74) is 4.37. The summed E-state index contributed by atoms with van der Waals surface area (Å²) < 4.78 is 0. The van der Waals surface area contributed by atoms with E-state index >= 15 is 0 Å². The van der Waals surface area contributed by atoms with Gasteiger partial charge < -0.3 is 10.6 Å². The molecule has 0 spiro atoms. The van der Waals surface area contributed by atoms with Crippen molar-refractivity contribution in [1.82, 2.24) is 10.6 Å². The molecular weight excluding hydrogens is 264 g/mol. The van der Waals surface area contributed by atoms with E-state index < -0.39 is 0 Å². The molecule has 0 fully saturated rings. The van der Waals surface area contributed by atoms with Gasteiger partial charge in [-0.1, -0.05) is 24.3 Å². The Bertz CT molecular complexity index is 569. The highest BCUT2D eigenvalue weighted by molar-refractivity contribution is 7.12. The Hall–Kier alpha value is -1.16. The van der Waals surface area contributed by atoms with Crippen molar-refractivity contribution < 1.29 is 0 Å². The highest BCUT2D eigenvalue weighted by Crippen LogP contribution is 2.23. The molecule has 1 aromatic carbocycles. The van der Waals surface area contributed by atoms with Crippen molar-refractivity contribution in [1.29, 1.82) is 0 Å². The summed E-state index contributed by atoms with van der Waals surface area (Å²) in [5, 5.41) is 7.22. The standard InChI is InChI=1S/C17H22N2S/c1-12-9-15(20-13(12)2)10-18-11-17-16-6-4-3-5-14(16)7-8-19-17/h3-6,9,17-19H,7-8,10-11H2,1-2H3. The van der Waals surface area contributed by atoms with Gasteiger partial charge in [0.1, 0.15) is 0 Å². The molecule has 20 heavy (non-hydrogen) atoms. The van der Waals surface area contributed by atoms with Crippen molar-refractivity contribution in [2.75, 3.05) is 13.1 Å². The SMILES string of the molecule is Cc1cc(CNCC2NCCc3ccccc32)sc1C. The van der Waals surface area contributed by atoms with Gasteiger partial charge in [-0.25, -0.2) is 0 Å². The molecule has 2 heterocycles. The van der Waals surface area contributed by atoms with E-state index in [2.05, 4.69) is 54.8 Å². The molecule has 1 aromatic heterocycles. The smallest absolute Gasteiger partial charge is 0.0449 e. The van der Waals surface area contributed by atoms with Crippen LogP contribution in [0.5, 0.6) is 0 Å². The van der Waals surface area contributed by atoms with E-state index in [1.807, 2.05) is 11.3 Å². The van der Waals surface area contributed by atoms with Crippen molar-refractivity contribution in [3.8, 4) is 0 Å². The zero-order chi connectivity index (χ0) is 13.9. The summed E-state index contributed by atoms with van der Waals surface area (Å²) >= 11 is 1.90. The predicted molar refractivity (Wildman–Crippen MR) is 86.4 cm³/mol. The van der Waals surface area contributed by atoms with E-state index in [1.165, 1.54) is 26.4 Å². The van der Waals surface area contributed by atoms with Gasteiger partial charge in [-0.05, 0) is 49.6 Å². The first-order chi connectivity index (χ1) is 9.74. The zero-order valence-corrected chi connectivity index (χ0v) is 13.0. The van der Waals surface area contributed by atoms with Crippen molar-refractivity contribution in [2.45, 2.75) is 32.9 Å². The maximum Gasteiger partial charge on any atom is 0.0449 e. The molecule has 0 radical (unpaired) electrons. The molecule has 0 saturated carbocycles. The monoisotopic (exact) mass is 286 g/mol. The van der Waals surface area contributed by atoms with E-state index in [4.69, 9.17) is 0 Å². The number of hydrogen-bond donors (Lipinski definition) is 2. The first-order valence-electron chi connectivity index (χ1n) is 7.32. The van der Waals surface area contributed by atoms with Crippen LogP contribution in [-0.2, 0) is 13.0 Å². The normalized spacial score (nSPS) is 18.0. The average molecular weight is 286 g/mol. The molecule has 1 aliphatic heterocycles. The van der Waals surface area contributed by atoms with Crippen LogP contribution in [0.15, 0.2) is 30.3 Å². The fraction of sp³-hybridized carbons (Fsp3) is 0.412. The number of thiophene rings is 1. The lowest BCUT2D eigenvalue weighted by atomic mass is 9.94. The molecule has 0 bridgehead atoms. The molecule has 0 amide bonds. The number of aryl methyl sites for hydroxylation is 2. The van der Waals surface area contributed by atoms with Gasteiger partial charge in [0.2, 0.25) is 0 Å². The number of rotatable bonds is 4. The Labute approximate surface area is 125 Å². The topological polar surface area (TPSA) is 24.1 Å². The van der Waals surface area contributed by atoms with Gasteiger partial charge in [0.05, 0.1) is 0 Å². The van der Waals surface area contributed by atoms with E-state index in [0.717, 1.165) is 26.1 Å². The van der Waals surface area contributed by atoms with E-state index in [0.29, 0.717) is 6.04 Å². The fourth-order valence-corrected chi connectivity index (χ4v) is 3.87. The summed E-state index contributed by atoms with van der Waals surface area (Å²) in [4.78, 5) is 2.87. The molecule has 1 atom stereocenters. The van der Waals surface area contributed by atoms with Crippen LogP contribution in [0, 0.1) is 13.8 Å². The minimum Gasteiger partial charge on any atom is -0.310 e. The molecular formula is C17H22N2S. The lowest BCUT2D eigenvalue weighted by molar-refractivity contribution is 0.469. The number of benzene rings is 1. The third-order valence-corrected chi connectivity index (χ3v) is 5.23. The first-order valence-corrected chi connectivity index (χ1v) is 8.13. The number of hydrogen-bond acceptors (Lipinski definition) is 3. The van der Waals surface area contributed by atoms with Crippen LogP contribution in [0.25, 0.3) is 0 Å². The summed E-state index contributed by atoms with van der Waals surface area (Å²) in [5.74, 6) is 0. The van der Waals surface area contributed by atoms with E-state index in [9.17, 15) is 0 Å². The minimum absolute atomic E-state index is 0.446. The molecule has 0 saturated heterocycles. The summed E-state index contributed by atoms with van der Waals surface area (Å²) in [7, 11) is 0. The van der Waals surface area contributed by atoms with Gasteiger partial charge in [-0.15, -0.1) is 11.3 Å². The van der Waals surface area contributed by atoms with Gasteiger partial charge in [0.25, 0.3) is 0 Å². The average Bonchev–Trinajstić information content (AvgIpc) is 2.78. The summed E-state index contributed by atoms with van der Waals surface area (Å²) in [6.07, 6.45) is 1.15. The van der Waals surface area contributed by atoms with Gasteiger partial charge in [-0.3, -0.25) is 0 Å². The van der Waals surface area contributed by atoms with Crippen LogP contribution in [0.3, 0.4) is 0 Å². The van der Waals surface area contributed by atoms with Crippen molar-refractivity contribution in [3.63, 3.8) is 0 Å². The van der Waals surface area contributed by atoms with Crippen molar-refractivity contribution in [2.24, 2.45) is 0 Å². The van der Waals surface area contributed by atoms with E-state index in [1.54, 1.807) is 0 Å².